The fourth-order valence-electron chi connectivity index (χ4n) is 3.75. The first-order chi connectivity index (χ1) is 16.6. The van der Waals surface area contributed by atoms with Crippen LogP contribution in [0.15, 0.2) is 73.2 Å². The van der Waals surface area contributed by atoms with E-state index in [9.17, 15) is 4.79 Å². The van der Waals surface area contributed by atoms with Gasteiger partial charge < -0.3 is 14.8 Å². The zero-order valence-electron chi connectivity index (χ0n) is 18.9. The molecule has 34 heavy (non-hydrogen) atoms. The molecule has 5 aromatic rings. The van der Waals surface area contributed by atoms with Gasteiger partial charge in [-0.2, -0.15) is 5.10 Å². The number of aromatic nitrogens is 5. The van der Waals surface area contributed by atoms with E-state index in [1.807, 2.05) is 65.3 Å². The number of ether oxygens (including phenoxy) is 2. The first-order valence-electron chi connectivity index (χ1n) is 10.5. The van der Waals surface area contributed by atoms with Gasteiger partial charge in [0.1, 0.15) is 17.2 Å². The first kappa shape index (κ1) is 21.2. The predicted molar refractivity (Wildman–Crippen MR) is 128 cm³/mol. The summed E-state index contributed by atoms with van der Waals surface area (Å²) in [6.45, 7) is 0. The van der Waals surface area contributed by atoms with Gasteiger partial charge in [0.15, 0.2) is 0 Å². The number of nitrogens with zero attached hydrogens (tertiary/aromatic N) is 5. The van der Waals surface area contributed by atoms with Crippen molar-refractivity contribution in [3.8, 4) is 34.0 Å². The van der Waals surface area contributed by atoms with Gasteiger partial charge in [-0.25, -0.2) is 9.97 Å². The Balaban J connectivity index is 1.41. The third-order valence-corrected chi connectivity index (χ3v) is 5.45. The minimum Gasteiger partial charge on any atom is -0.497 e. The van der Waals surface area contributed by atoms with Gasteiger partial charge in [0.2, 0.25) is 5.78 Å². The highest BCUT2D eigenvalue weighted by Gasteiger charge is 2.18. The monoisotopic (exact) mass is 454 g/mol. The molecule has 0 saturated heterocycles. The van der Waals surface area contributed by atoms with Crippen molar-refractivity contribution in [3.05, 3.63) is 78.9 Å². The van der Waals surface area contributed by atoms with Gasteiger partial charge in [0.25, 0.3) is 5.91 Å². The van der Waals surface area contributed by atoms with Crippen LogP contribution in [-0.2, 0) is 7.05 Å². The Morgan fingerprint density at radius 2 is 1.88 bits per heavy atom. The van der Waals surface area contributed by atoms with Crippen LogP contribution < -0.4 is 14.8 Å². The molecule has 170 valence electrons. The van der Waals surface area contributed by atoms with E-state index in [1.165, 1.54) is 0 Å². The number of hydrogen-bond acceptors (Lipinski definition) is 6. The molecule has 0 aliphatic heterocycles. The number of hydrogen-bond donors (Lipinski definition) is 1. The van der Waals surface area contributed by atoms with E-state index in [0.717, 1.165) is 16.8 Å². The molecular formula is C25H22N6O3. The largest absolute Gasteiger partial charge is 0.497 e. The van der Waals surface area contributed by atoms with E-state index in [4.69, 9.17) is 9.47 Å². The van der Waals surface area contributed by atoms with Crippen LogP contribution in [-0.4, -0.2) is 44.3 Å². The van der Waals surface area contributed by atoms with Crippen molar-refractivity contribution in [1.82, 2.24) is 24.1 Å². The number of rotatable bonds is 6. The number of methoxy groups -OCH3 is 2. The molecule has 3 heterocycles. The normalized spacial score (nSPS) is 10.9. The Morgan fingerprint density at radius 1 is 1.00 bits per heavy atom. The topological polar surface area (TPSA) is 95.6 Å². The Bertz CT molecular complexity index is 1470. The molecule has 0 atom stereocenters. The minimum absolute atomic E-state index is 0.281. The van der Waals surface area contributed by atoms with E-state index in [-0.39, 0.29) is 5.91 Å². The average molecular weight is 454 g/mol. The van der Waals surface area contributed by atoms with E-state index in [0.29, 0.717) is 34.4 Å². The van der Waals surface area contributed by atoms with E-state index >= 15 is 0 Å². The molecule has 1 N–H and O–H groups in total. The molecule has 0 aliphatic carbocycles. The van der Waals surface area contributed by atoms with Crippen LogP contribution in [0.25, 0.3) is 28.3 Å². The van der Waals surface area contributed by atoms with E-state index in [2.05, 4.69) is 20.4 Å². The zero-order chi connectivity index (χ0) is 23.7. The van der Waals surface area contributed by atoms with Crippen LogP contribution in [0.2, 0.25) is 0 Å². The molecule has 2 aromatic carbocycles. The number of nitrogens with one attached hydrogen (secondary N) is 1. The van der Waals surface area contributed by atoms with E-state index in [1.54, 1.807) is 38.2 Å². The van der Waals surface area contributed by atoms with Crippen LogP contribution >= 0.6 is 0 Å². The standard InChI is InChI=1S/C25H22N6O3/c1-30-22(14-20(29-30)19-13-18(33-2)8-9-23(19)34-3)24(32)27-17-7-4-6-16(12-17)21-15-31-11-5-10-26-25(31)28-21/h4-15H,1-3H3,(H,27,32). The molecule has 0 radical (unpaired) electrons. The molecule has 0 aliphatic rings. The van der Waals surface area contributed by atoms with Crippen molar-refractivity contribution in [2.24, 2.45) is 7.05 Å². The van der Waals surface area contributed by atoms with Gasteiger partial charge in [-0.15, -0.1) is 0 Å². The summed E-state index contributed by atoms with van der Waals surface area (Å²) in [7, 11) is 4.92. The van der Waals surface area contributed by atoms with Crippen LogP contribution in [0.5, 0.6) is 11.5 Å². The Kier molecular flexibility index (Phi) is 5.43. The number of anilines is 1. The number of imidazole rings is 1. The highest BCUT2D eigenvalue weighted by molar-refractivity contribution is 6.04. The highest BCUT2D eigenvalue weighted by Crippen LogP contribution is 2.33. The smallest absolute Gasteiger partial charge is 0.273 e. The summed E-state index contributed by atoms with van der Waals surface area (Å²) in [5, 5.41) is 7.47. The molecule has 9 heteroatoms. The van der Waals surface area contributed by atoms with Crippen LogP contribution in [0.4, 0.5) is 5.69 Å². The minimum atomic E-state index is -0.281. The number of amides is 1. The maximum absolute atomic E-state index is 13.1. The van der Waals surface area contributed by atoms with Crippen molar-refractivity contribution < 1.29 is 14.3 Å². The van der Waals surface area contributed by atoms with Crippen molar-refractivity contribution in [1.29, 1.82) is 0 Å². The molecule has 0 spiro atoms. The summed E-state index contributed by atoms with van der Waals surface area (Å²) in [5.41, 5.74) is 4.03. The summed E-state index contributed by atoms with van der Waals surface area (Å²) >= 11 is 0. The zero-order valence-corrected chi connectivity index (χ0v) is 18.9. The fraction of sp³-hybridized carbons (Fsp3) is 0.120. The third-order valence-electron chi connectivity index (χ3n) is 5.45. The Hall–Kier alpha value is -4.66. The number of carbonyl (C=O) groups excluding carboxylic acids is 1. The third kappa shape index (κ3) is 3.95. The van der Waals surface area contributed by atoms with Crippen molar-refractivity contribution in [3.63, 3.8) is 0 Å². The fourth-order valence-corrected chi connectivity index (χ4v) is 3.75. The molecule has 3 aromatic heterocycles. The quantitative estimate of drug-likeness (QED) is 0.416. The molecule has 9 nitrogen and oxygen atoms in total. The van der Waals surface area contributed by atoms with E-state index < -0.39 is 0 Å². The van der Waals surface area contributed by atoms with Crippen LogP contribution in [0.1, 0.15) is 10.5 Å². The SMILES string of the molecule is COc1ccc(OC)c(-c2cc(C(=O)Nc3cccc(-c4cn5cccnc5n4)c3)n(C)n2)c1. The van der Waals surface area contributed by atoms with Crippen LogP contribution in [0, 0.1) is 0 Å². The lowest BCUT2D eigenvalue weighted by atomic mass is 10.1. The summed E-state index contributed by atoms with van der Waals surface area (Å²) in [5.74, 6) is 1.64. The highest BCUT2D eigenvalue weighted by atomic mass is 16.5. The number of benzene rings is 2. The number of aryl methyl sites for hydroxylation is 1. The molecule has 0 unspecified atom stereocenters. The number of fused-ring (bicyclic) bond motifs is 1. The van der Waals surface area contributed by atoms with Crippen molar-refractivity contribution in [2.75, 3.05) is 19.5 Å². The van der Waals surface area contributed by atoms with Crippen molar-refractivity contribution >= 4 is 17.4 Å². The van der Waals surface area contributed by atoms with Gasteiger partial charge in [-0.1, -0.05) is 12.1 Å². The predicted octanol–water partition coefficient (Wildman–Crippen LogP) is 4.07. The summed E-state index contributed by atoms with van der Waals surface area (Å²) in [6, 6.07) is 16.5. The Morgan fingerprint density at radius 3 is 2.68 bits per heavy atom. The molecular weight excluding hydrogens is 432 g/mol. The molecule has 0 saturated carbocycles. The summed E-state index contributed by atoms with van der Waals surface area (Å²) in [4.78, 5) is 21.9. The molecule has 5 rings (SSSR count). The lowest BCUT2D eigenvalue weighted by Crippen LogP contribution is -2.16. The van der Waals surface area contributed by atoms with Gasteiger partial charge >= 0.3 is 0 Å². The maximum Gasteiger partial charge on any atom is 0.273 e. The van der Waals surface area contributed by atoms with Crippen LogP contribution in [0.3, 0.4) is 0 Å². The van der Waals surface area contributed by atoms with Gasteiger partial charge in [0, 0.05) is 42.5 Å². The molecule has 1 amide bonds. The maximum atomic E-state index is 13.1. The molecule has 0 fully saturated rings. The first-order valence-corrected chi connectivity index (χ1v) is 10.5. The van der Waals surface area contributed by atoms with Crippen molar-refractivity contribution in [2.45, 2.75) is 0 Å². The molecule has 0 bridgehead atoms. The summed E-state index contributed by atoms with van der Waals surface area (Å²) < 4.78 is 14.2. The second-order valence-electron chi connectivity index (χ2n) is 7.59. The number of carbonyl (C=O) groups is 1. The lowest BCUT2D eigenvalue weighted by molar-refractivity contribution is 0.101. The van der Waals surface area contributed by atoms with Gasteiger partial charge in [-0.05, 0) is 42.5 Å². The van der Waals surface area contributed by atoms with Gasteiger partial charge in [0.05, 0.1) is 25.6 Å². The lowest BCUT2D eigenvalue weighted by Gasteiger charge is -2.08. The second-order valence-corrected chi connectivity index (χ2v) is 7.59. The second kappa shape index (κ2) is 8.70. The Labute approximate surface area is 195 Å². The van der Waals surface area contributed by atoms with Gasteiger partial charge in [-0.3, -0.25) is 13.9 Å². The summed E-state index contributed by atoms with van der Waals surface area (Å²) in [6.07, 6.45) is 5.49. The average Bonchev–Trinajstić information content (AvgIpc) is 3.47.